The van der Waals surface area contributed by atoms with Gasteiger partial charge in [0.2, 0.25) is 0 Å². The maximum Gasteiger partial charge on any atom is 0.189 e. The summed E-state index contributed by atoms with van der Waals surface area (Å²) in [5.41, 5.74) is 2.86. The van der Waals surface area contributed by atoms with Gasteiger partial charge in [0.25, 0.3) is 0 Å². The fourth-order valence-corrected chi connectivity index (χ4v) is 3.17. The SMILES string of the molecule is CCn1cc(C(=O)/C=C/c2ccc(OC)c(COc3ccc(F)cc3Cl)c2)c(C)n1. The van der Waals surface area contributed by atoms with Crippen LogP contribution in [0.3, 0.4) is 0 Å². The number of carbonyl (C=O) groups is 1. The third kappa shape index (κ3) is 5.07. The second-order valence-corrected chi connectivity index (χ2v) is 7.02. The summed E-state index contributed by atoms with van der Waals surface area (Å²) in [6.07, 6.45) is 5.01. The van der Waals surface area contributed by atoms with Crippen molar-refractivity contribution < 1.29 is 18.7 Å². The zero-order valence-electron chi connectivity index (χ0n) is 17.0. The second kappa shape index (κ2) is 9.59. The first-order valence-corrected chi connectivity index (χ1v) is 9.80. The van der Waals surface area contributed by atoms with E-state index in [9.17, 15) is 9.18 Å². The molecule has 0 spiro atoms. The summed E-state index contributed by atoms with van der Waals surface area (Å²) >= 11 is 6.02. The standard InChI is InChI=1S/C23H22ClFN2O3/c1-4-27-13-19(15(2)26-27)21(28)8-5-16-6-9-22(29-3)17(11-16)14-30-23-10-7-18(25)12-20(23)24/h5-13H,4,14H2,1-3H3/b8-5+. The Morgan fingerprint density at radius 2 is 2.00 bits per heavy atom. The minimum atomic E-state index is -0.429. The average molecular weight is 429 g/mol. The lowest BCUT2D eigenvalue weighted by atomic mass is 10.1. The van der Waals surface area contributed by atoms with Crippen molar-refractivity contribution in [2.75, 3.05) is 7.11 Å². The topological polar surface area (TPSA) is 53.4 Å². The summed E-state index contributed by atoms with van der Waals surface area (Å²) < 4.78 is 26.0. The Morgan fingerprint density at radius 3 is 2.67 bits per heavy atom. The molecule has 0 aliphatic heterocycles. The number of carbonyl (C=O) groups excluding carboxylic acids is 1. The first kappa shape index (κ1) is 21.6. The van der Waals surface area contributed by atoms with E-state index in [1.165, 1.54) is 24.3 Å². The van der Waals surface area contributed by atoms with Gasteiger partial charge in [0.1, 0.15) is 23.9 Å². The van der Waals surface area contributed by atoms with E-state index in [1.54, 1.807) is 30.1 Å². The lowest BCUT2D eigenvalue weighted by Crippen LogP contribution is -2.00. The van der Waals surface area contributed by atoms with Gasteiger partial charge in [0.15, 0.2) is 5.78 Å². The van der Waals surface area contributed by atoms with Gasteiger partial charge in [-0.25, -0.2) is 4.39 Å². The Labute approximate surface area is 179 Å². The molecule has 0 fully saturated rings. The van der Waals surface area contributed by atoms with Gasteiger partial charge in [-0.1, -0.05) is 23.7 Å². The van der Waals surface area contributed by atoms with Crippen LogP contribution in [-0.2, 0) is 13.2 Å². The van der Waals surface area contributed by atoms with E-state index in [1.807, 2.05) is 26.0 Å². The predicted octanol–water partition coefficient (Wildman–Crippen LogP) is 5.49. The highest BCUT2D eigenvalue weighted by molar-refractivity contribution is 6.32. The van der Waals surface area contributed by atoms with Crippen LogP contribution in [0.15, 0.2) is 48.7 Å². The van der Waals surface area contributed by atoms with Crippen molar-refractivity contribution in [2.45, 2.75) is 27.0 Å². The van der Waals surface area contributed by atoms with Gasteiger partial charge >= 0.3 is 0 Å². The van der Waals surface area contributed by atoms with E-state index < -0.39 is 5.82 Å². The molecule has 5 nitrogen and oxygen atoms in total. The van der Waals surface area contributed by atoms with Crippen LogP contribution in [0, 0.1) is 12.7 Å². The van der Waals surface area contributed by atoms with Gasteiger partial charge in [-0.05, 0) is 55.8 Å². The molecule has 0 bridgehead atoms. The summed E-state index contributed by atoms with van der Waals surface area (Å²) in [4.78, 5) is 12.5. The summed E-state index contributed by atoms with van der Waals surface area (Å²) in [5.74, 6) is 0.469. The Balaban J connectivity index is 1.77. The quantitative estimate of drug-likeness (QED) is 0.352. The van der Waals surface area contributed by atoms with Crippen LogP contribution in [-0.4, -0.2) is 22.7 Å². The highest BCUT2D eigenvalue weighted by Gasteiger charge is 2.11. The number of aromatic nitrogens is 2. The number of hydrogen-bond acceptors (Lipinski definition) is 4. The minimum absolute atomic E-state index is 0.112. The summed E-state index contributed by atoms with van der Waals surface area (Å²) in [6.45, 7) is 4.66. The predicted molar refractivity (Wildman–Crippen MR) is 115 cm³/mol. The molecule has 0 unspecified atom stereocenters. The molecule has 0 radical (unpaired) electrons. The molecule has 0 saturated carbocycles. The zero-order chi connectivity index (χ0) is 21.7. The van der Waals surface area contributed by atoms with Crippen molar-refractivity contribution >= 4 is 23.5 Å². The van der Waals surface area contributed by atoms with Crippen LogP contribution in [0.4, 0.5) is 4.39 Å². The van der Waals surface area contributed by atoms with Crippen LogP contribution in [0.25, 0.3) is 6.08 Å². The number of ether oxygens (including phenoxy) is 2. The van der Waals surface area contributed by atoms with Crippen LogP contribution < -0.4 is 9.47 Å². The molecule has 0 saturated heterocycles. The van der Waals surface area contributed by atoms with Gasteiger partial charge in [0, 0.05) is 18.3 Å². The molecule has 0 amide bonds. The fraction of sp³-hybridized carbons (Fsp3) is 0.217. The molecule has 30 heavy (non-hydrogen) atoms. The van der Waals surface area contributed by atoms with Crippen molar-refractivity contribution in [1.29, 1.82) is 0 Å². The lowest BCUT2D eigenvalue weighted by molar-refractivity contribution is 0.104. The molecule has 1 heterocycles. The number of methoxy groups -OCH3 is 1. The van der Waals surface area contributed by atoms with E-state index in [2.05, 4.69) is 5.10 Å². The minimum Gasteiger partial charge on any atom is -0.496 e. The van der Waals surface area contributed by atoms with Crippen LogP contribution >= 0.6 is 11.6 Å². The second-order valence-electron chi connectivity index (χ2n) is 6.62. The first-order valence-electron chi connectivity index (χ1n) is 9.42. The van der Waals surface area contributed by atoms with E-state index in [-0.39, 0.29) is 17.4 Å². The molecule has 2 aromatic carbocycles. The molecule has 3 rings (SSSR count). The molecule has 3 aromatic rings. The van der Waals surface area contributed by atoms with Crippen molar-refractivity contribution in [3.8, 4) is 11.5 Å². The number of nitrogens with zero attached hydrogens (tertiary/aromatic N) is 2. The number of allylic oxidation sites excluding steroid dienone is 1. The van der Waals surface area contributed by atoms with E-state index in [0.29, 0.717) is 29.3 Å². The molecule has 0 aliphatic carbocycles. The first-order chi connectivity index (χ1) is 14.4. The maximum absolute atomic E-state index is 13.2. The van der Waals surface area contributed by atoms with Crippen LogP contribution in [0.5, 0.6) is 11.5 Å². The highest BCUT2D eigenvalue weighted by atomic mass is 35.5. The highest BCUT2D eigenvalue weighted by Crippen LogP contribution is 2.28. The average Bonchev–Trinajstić information content (AvgIpc) is 3.12. The fourth-order valence-electron chi connectivity index (χ4n) is 2.95. The Morgan fingerprint density at radius 1 is 1.23 bits per heavy atom. The van der Waals surface area contributed by atoms with E-state index in [0.717, 1.165) is 11.1 Å². The number of rotatable bonds is 8. The van der Waals surface area contributed by atoms with Crippen LogP contribution in [0.2, 0.25) is 5.02 Å². The van der Waals surface area contributed by atoms with Gasteiger partial charge in [-0.15, -0.1) is 0 Å². The van der Waals surface area contributed by atoms with Gasteiger partial charge in [-0.2, -0.15) is 5.10 Å². The number of ketones is 1. The molecule has 0 atom stereocenters. The molecule has 0 aliphatic rings. The third-order valence-electron chi connectivity index (χ3n) is 4.54. The molecule has 156 valence electrons. The molecule has 7 heteroatoms. The van der Waals surface area contributed by atoms with Crippen molar-refractivity contribution in [1.82, 2.24) is 9.78 Å². The van der Waals surface area contributed by atoms with Gasteiger partial charge in [0.05, 0.1) is 23.4 Å². The maximum atomic E-state index is 13.2. The molecular formula is C23H22ClFN2O3. The third-order valence-corrected chi connectivity index (χ3v) is 4.84. The number of hydrogen-bond donors (Lipinski definition) is 0. The Bertz CT molecular complexity index is 1090. The zero-order valence-corrected chi connectivity index (χ0v) is 17.7. The van der Waals surface area contributed by atoms with Gasteiger partial charge in [-0.3, -0.25) is 9.48 Å². The molecule has 0 N–H and O–H groups in total. The van der Waals surface area contributed by atoms with E-state index >= 15 is 0 Å². The smallest absolute Gasteiger partial charge is 0.189 e. The van der Waals surface area contributed by atoms with Crippen molar-refractivity contribution in [3.05, 3.63) is 81.9 Å². The van der Waals surface area contributed by atoms with Crippen LogP contribution in [0.1, 0.15) is 34.1 Å². The lowest BCUT2D eigenvalue weighted by Gasteiger charge is -2.12. The summed E-state index contributed by atoms with van der Waals surface area (Å²) in [7, 11) is 1.57. The normalized spacial score (nSPS) is 11.1. The summed E-state index contributed by atoms with van der Waals surface area (Å²) in [6, 6.07) is 9.47. The van der Waals surface area contributed by atoms with Gasteiger partial charge < -0.3 is 9.47 Å². The Hall–Kier alpha value is -3.12. The molecule has 1 aromatic heterocycles. The van der Waals surface area contributed by atoms with E-state index in [4.69, 9.17) is 21.1 Å². The molecular weight excluding hydrogens is 407 g/mol. The number of benzene rings is 2. The van der Waals surface area contributed by atoms with Crippen molar-refractivity contribution in [2.24, 2.45) is 0 Å². The Kier molecular flexibility index (Phi) is 6.90. The largest absolute Gasteiger partial charge is 0.496 e. The monoisotopic (exact) mass is 428 g/mol. The number of aryl methyl sites for hydroxylation is 2. The van der Waals surface area contributed by atoms with Crippen molar-refractivity contribution in [3.63, 3.8) is 0 Å². The number of halogens is 2. The summed E-state index contributed by atoms with van der Waals surface area (Å²) in [5, 5.41) is 4.50.